The largest absolute Gasteiger partial charge is 0.343 e. The summed E-state index contributed by atoms with van der Waals surface area (Å²) < 4.78 is 0. The molecule has 1 N–H and O–H groups in total. The lowest BCUT2D eigenvalue weighted by Crippen LogP contribution is -2.67. The van der Waals surface area contributed by atoms with E-state index >= 15 is 0 Å². The van der Waals surface area contributed by atoms with Crippen molar-refractivity contribution in [1.82, 2.24) is 15.1 Å². The summed E-state index contributed by atoms with van der Waals surface area (Å²) in [6, 6.07) is 0.738. The van der Waals surface area contributed by atoms with E-state index in [4.69, 9.17) is 0 Å². The molecule has 21 heavy (non-hydrogen) atoms. The minimum atomic E-state index is -0.326. The number of piperazine rings is 1. The molecule has 0 aromatic rings. The number of nitrogens with zero attached hydrogens (tertiary/aromatic N) is 2. The van der Waals surface area contributed by atoms with Crippen LogP contribution in [0.5, 0.6) is 0 Å². The number of rotatable bonds is 2. The Hall–Kier alpha value is -1.10. The second-order valence-corrected chi connectivity index (χ2v) is 6.92. The van der Waals surface area contributed by atoms with Crippen molar-refractivity contribution in [3.05, 3.63) is 0 Å². The first kappa shape index (κ1) is 14.8. The molecule has 5 heteroatoms. The van der Waals surface area contributed by atoms with Crippen LogP contribution in [-0.2, 0) is 9.59 Å². The van der Waals surface area contributed by atoms with Gasteiger partial charge in [-0.2, -0.15) is 0 Å². The maximum Gasteiger partial charge on any atom is 0.246 e. The molecule has 5 nitrogen and oxygen atoms in total. The average Bonchev–Trinajstić information content (AvgIpc) is 2.44. The topological polar surface area (TPSA) is 52.7 Å². The monoisotopic (exact) mass is 293 g/mol. The summed E-state index contributed by atoms with van der Waals surface area (Å²) in [5, 5.41) is 2.85. The lowest BCUT2D eigenvalue weighted by molar-refractivity contribution is -0.154. The molecular formula is C16H27N3O2. The SMILES string of the molecule is CCC1NC(=O)C(C)N(C2CC3CCCC(C2)N3C)C1=O. The number of hydrogen-bond acceptors (Lipinski definition) is 3. The average molecular weight is 293 g/mol. The zero-order valence-corrected chi connectivity index (χ0v) is 13.3. The molecular weight excluding hydrogens is 266 g/mol. The fourth-order valence-electron chi connectivity index (χ4n) is 4.44. The summed E-state index contributed by atoms with van der Waals surface area (Å²) in [5.74, 6) is 0.128. The van der Waals surface area contributed by atoms with Crippen molar-refractivity contribution in [2.24, 2.45) is 0 Å². The number of nitrogens with one attached hydrogen (secondary N) is 1. The molecule has 0 aliphatic carbocycles. The first-order valence-electron chi connectivity index (χ1n) is 8.37. The molecule has 0 radical (unpaired) electrons. The number of hydrogen-bond donors (Lipinski definition) is 1. The normalized spacial score (nSPS) is 41.1. The van der Waals surface area contributed by atoms with Crippen LogP contribution in [0.4, 0.5) is 0 Å². The minimum absolute atomic E-state index is 0.00513. The van der Waals surface area contributed by atoms with Gasteiger partial charge >= 0.3 is 0 Å². The second kappa shape index (κ2) is 5.59. The molecule has 3 saturated heterocycles. The van der Waals surface area contributed by atoms with E-state index in [1.54, 1.807) is 0 Å². The third-order valence-corrected chi connectivity index (χ3v) is 5.78. The molecule has 3 fully saturated rings. The Morgan fingerprint density at radius 2 is 1.76 bits per heavy atom. The first-order chi connectivity index (χ1) is 10.0. The van der Waals surface area contributed by atoms with Gasteiger partial charge in [0.05, 0.1) is 0 Å². The van der Waals surface area contributed by atoms with Gasteiger partial charge in [-0.3, -0.25) is 9.59 Å². The molecule has 3 heterocycles. The van der Waals surface area contributed by atoms with E-state index in [0.29, 0.717) is 18.5 Å². The summed E-state index contributed by atoms with van der Waals surface area (Å²) in [7, 11) is 2.22. The molecule has 2 amide bonds. The van der Waals surface area contributed by atoms with Gasteiger partial charge in [-0.05, 0) is 46.1 Å². The molecule has 118 valence electrons. The van der Waals surface area contributed by atoms with Gasteiger partial charge in [0.15, 0.2) is 0 Å². The molecule has 2 bridgehead atoms. The summed E-state index contributed by atoms with van der Waals surface area (Å²) in [6.45, 7) is 3.83. The first-order valence-corrected chi connectivity index (χ1v) is 8.37. The van der Waals surface area contributed by atoms with Crippen LogP contribution in [0.25, 0.3) is 0 Å². The van der Waals surface area contributed by atoms with Crippen LogP contribution in [0.1, 0.15) is 52.4 Å². The Morgan fingerprint density at radius 3 is 2.33 bits per heavy atom. The molecule has 0 spiro atoms. The van der Waals surface area contributed by atoms with E-state index in [1.165, 1.54) is 19.3 Å². The molecule has 3 aliphatic rings. The van der Waals surface area contributed by atoms with Gasteiger partial charge in [0.1, 0.15) is 12.1 Å². The molecule has 0 saturated carbocycles. The number of amides is 2. The zero-order valence-electron chi connectivity index (χ0n) is 13.3. The fourth-order valence-corrected chi connectivity index (χ4v) is 4.44. The summed E-state index contributed by atoms with van der Waals surface area (Å²) in [5.41, 5.74) is 0. The lowest BCUT2D eigenvalue weighted by atomic mass is 9.81. The lowest BCUT2D eigenvalue weighted by Gasteiger charge is -2.52. The van der Waals surface area contributed by atoms with Gasteiger partial charge < -0.3 is 15.1 Å². The van der Waals surface area contributed by atoms with E-state index < -0.39 is 0 Å². The highest BCUT2D eigenvalue weighted by atomic mass is 16.2. The van der Waals surface area contributed by atoms with Gasteiger partial charge in [-0.1, -0.05) is 13.3 Å². The van der Waals surface area contributed by atoms with Crippen molar-refractivity contribution >= 4 is 11.8 Å². The van der Waals surface area contributed by atoms with Crippen LogP contribution < -0.4 is 5.32 Å². The van der Waals surface area contributed by atoms with Gasteiger partial charge in [0.2, 0.25) is 11.8 Å². The summed E-state index contributed by atoms with van der Waals surface area (Å²) in [6.07, 6.45) is 6.47. The van der Waals surface area contributed by atoms with Crippen molar-refractivity contribution < 1.29 is 9.59 Å². The standard InChI is InChI=1S/C16H27N3O2/c1-4-14-16(21)19(10(2)15(20)17-14)13-8-11-6-5-7-12(9-13)18(11)3/h10-14H,4-9H2,1-3H3,(H,17,20). The Morgan fingerprint density at radius 1 is 1.14 bits per heavy atom. The number of fused-ring (bicyclic) bond motifs is 2. The smallest absolute Gasteiger partial charge is 0.246 e. The van der Waals surface area contributed by atoms with Crippen molar-refractivity contribution in [2.45, 2.75) is 82.6 Å². The van der Waals surface area contributed by atoms with E-state index in [0.717, 1.165) is 12.8 Å². The highest BCUT2D eigenvalue weighted by Crippen LogP contribution is 2.36. The highest BCUT2D eigenvalue weighted by Gasteiger charge is 2.45. The highest BCUT2D eigenvalue weighted by molar-refractivity contribution is 5.96. The van der Waals surface area contributed by atoms with Gasteiger partial charge in [0.25, 0.3) is 0 Å². The van der Waals surface area contributed by atoms with Crippen molar-refractivity contribution in [1.29, 1.82) is 0 Å². The van der Waals surface area contributed by atoms with E-state index in [9.17, 15) is 9.59 Å². The van der Waals surface area contributed by atoms with E-state index in [-0.39, 0.29) is 29.9 Å². The van der Waals surface area contributed by atoms with E-state index in [2.05, 4.69) is 17.3 Å². The molecule has 4 atom stereocenters. The van der Waals surface area contributed by atoms with Crippen molar-refractivity contribution in [3.63, 3.8) is 0 Å². The predicted octanol–water partition coefficient (Wildman–Crippen LogP) is 1.13. The zero-order chi connectivity index (χ0) is 15.1. The third kappa shape index (κ3) is 2.45. The quantitative estimate of drug-likeness (QED) is 0.830. The van der Waals surface area contributed by atoms with Gasteiger partial charge in [0, 0.05) is 18.1 Å². The maximum absolute atomic E-state index is 12.7. The predicted molar refractivity (Wildman–Crippen MR) is 80.7 cm³/mol. The van der Waals surface area contributed by atoms with Crippen LogP contribution in [-0.4, -0.2) is 58.9 Å². The number of carbonyl (C=O) groups excluding carboxylic acids is 2. The van der Waals surface area contributed by atoms with Crippen LogP contribution in [0.15, 0.2) is 0 Å². The van der Waals surface area contributed by atoms with Crippen LogP contribution >= 0.6 is 0 Å². The Kier molecular flexibility index (Phi) is 3.95. The molecule has 4 unspecified atom stereocenters. The molecule has 3 aliphatic heterocycles. The molecule has 3 rings (SSSR count). The summed E-state index contributed by atoms with van der Waals surface area (Å²) in [4.78, 5) is 29.3. The van der Waals surface area contributed by atoms with Crippen molar-refractivity contribution in [3.8, 4) is 0 Å². The van der Waals surface area contributed by atoms with Crippen molar-refractivity contribution in [2.75, 3.05) is 7.05 Å². The number of carbonyl (C=O) groups is 2. The minimum Gasteiger partial charge on any atom is -0.343 e. The third-order valence-electron chi connectivity index (χ3n) is 5.78. The van der Waals surface area contributed by atoms with Crippen LogP contribution in [0.3, 0.4) is 0 Å². The van der Waals surface area contributed by atoms with Crippen LogP contribution in [0, 0.1) is 0 Å². The Labute approximate surface area is 127 Å². The van der Waals surface area contributed by atoms with Crippen LogP contribution in [0.2, 0.25) is 0 Å². The summed E-state index contributed by atoms with van der Waals surface area (Å²) >= 11 is 0. The van der Waals surface area contributed by atoms with Gasteiger partial charge in [-0.15, -0.1) is 0 Å². The fraction of sp³-hybridized carbons (Fsp3) is 0.875. The second-order valence-electron chi connectivity index (χ2n) is 6.92. The Balaban J connectivity index is 1.81. The van der Waals surface area contributed by atoms with Gasteiger partial charge in [-0.25, -0.2) is 0 Å². The molecule has 0 aromatic carbocycles. The van der Waals surface area contributed by atoms with E-state index in [1.807, 2.05) is 18.7 Å². The Bertz CT molecular complexity index is 425. The maximum atomic E-state index is 12.7. The molecule has 0 aromatic heterocycles. The number of piperidine rings is 2.